The third-order valence-corrected chi connectivity index (χ3v) is 5.63. The summed E-state index contributed by atoms with van der Waals surface area (Å²) < 4.78 is 1.79. The van der Waals surface area contributed by atoms with E-state index in [1.54, 1.807) is 35.1 Å². The van der Waals surface area contributed by atoms with Crippen molar-refractivity contribution in [2.75, 3.05) is 17.7 Å². The fourth-order valence-electron chi connectivity index (χ4n) is 4.16. The number of fused-ring (bicyclic) bond motifs is 2. The Bertz CT molecular complexity index is 1310. The summed E-state index contributed by atoms with van der Waals surface area (Å²) in [5, 5.41) is 27.7. The number of carboxylic acid groups (broad SMARTS) is 1. The minimum Gasteiger partial charge on any atom is -0.478 e. The molecule has 10 nitrogen and oxygen atoms in total. The first-order valence-corrected chi connectivity index (χ1v) is 10.9. The Labute approximate surface area is 190 Å². The molecule has 0 aliphatic carbocycles. The average Bonchev–Trinajstić information content (AvgIpc) is 3.09. The SMILES string of the molecule is CCC[C@@H](CCO)Nc1nc(N)nc2c(C)nn(Cc3ccc(C(=O)O)c4cccnc34)c12. The molecule has 0 aliphatic heterocycles. The van der Waals surface area contributed by atoms with Crippen LogP contribution in [0.5, 0.6) is 0 Å². The van der Waals surface area contributed by atoms with Gasteiger partial charge in [0, 0.05) is 24.2 Å². The van der Waals surface area contributed by atoms with Crippen LogP contribution < -0.4 is 11.1 Å². The Morgan fingerprint density at radius 3 is 2.76 bits per heavy atom. The zero-order valence-electron chi connectivity index (χ0n) is 18.6. The quantitative estimate of drug-likeness (QED) is 0.302. The third-order valence-electron chi connectivity index (χ3n) is 5.63. The number of hydrogen-bond donors (Lipinski definition) is 4. The molecular formula is C23H27N7O3. The summed E-state index contributed by atoms with van der Waals surface area (Å²) in [6.45, 7) is 4.35. The number of nitrogens with one attached hydrogen (secondary N) is 1. The van der Waals surface area contributed by atoms with Crippen LogP contribution in [0.25, 0.3) is 21.9 Å². The molecule has 4 rings (SSSR count). The van der Waals surface area contributed by atoms with Gasteiger partial charge in [-0.3, -0.25) is 9.67 Å². The summed E-state index contributed by atoms with van der Waals surface area (Å²) in [6, 6.07) is 6.85. The summed E-state index contributed by atoms with van der Waals surface area (Å²) in [4.78, 5) is 24.9. The number of benzene rings is 1. The molecule has 0 saturated carbocycles. The van der Waals surface area contributed by atoms with Crippen LogP contribution in [0.15, 0.2) is 30.5 Å². The van der Waals surface area contributed by atoms with Crippen LogP contribution >= 0.6 is 0 Å². The van der Waals surface area contributed by atoms with Crippen molar-refractivity contribution < 1.29 is 15.0 Å². The summed E-state index contributed by atoms with van der Waals surface area (Å²) >= 11 is 0. The number of nitrogens with two attached hydrogens (primary N) is 1. The fraction of sp³-hybridized carbons (Fsp3) is 0.348. The van der Waals surface area contributed by atoms with Gasteiger partial charge in [-0.05, 0) is 37.5 Å². The lowest BCUT2D eigenvalue weighted by molar-refractivity contribution is 0.0699. The molecule has 0 amide bonds. The van der Waals surface area contributed by atoms with E-state index < -0.39 is 5.97 Å². The van der Waals surface area contributed by atoms with Gasteiger partial charge >= 0.3 is 5.97 Å². The van der Waals surface area contributed by atoms with E-state index in [4.69, 9.17) is 5.73 Å². The number of rotatable bonds is 9. The second-order valence-corrected chi connectivity index (χ2v) is 7.99. The minimum atomic E-state index is -0.999. The van der Waals surface area contributed by atoms with Gasteiger partial charge in [0.05, 0.1) is 23.3 Å². The second-order valence-electron chi connectivity index (χ2n) is 7.99. The molecule has 10 heteroatoms. The molecule has 3 heterocycles. The molecule has 3 aromatic heterocycles. The fourth-order valence-corrected chi connectivity index (χ4v) is 4.16. The number of aromatic nitrogens is 5. The first-order valence-electron chi connectivity index (χ1n) is 10.9. The number of pyridine rings is 1. The van der Waals surface area contributed by atoms with E-state index in [0.29, 0.717) is 46.4 Å². The standard InChI is InChI=1S/C23H27N7O3/c1-3-5-15(9-11-31)26-21-20-18(27-23(24)28-21)13(2)29-30(20)12-14-7-8-17(22(32)33)16-6-4-10-25-19(14)16/h4,6-8,10,15,31H,3,5,9,11-12H2,1-2H3,(H,32,33)(H3,24,26,27,28)/t15-/m0/s1. The summed E-state index contributed by atoms with van der Waals surface area (Å²) in [5.74, 6) is -0.296. The van der Waals surface area contributed by atoms with E-state index in [0.717, 1.165) is 18.4 Å². The van der Waals surface area contributed by atoms with Crippen molar-refractivity contribution in [3.8, 4) is 0 Å². The molecule has 0 fully saturated rings. The van der Waals surface area contributed by atoms with Gasteiger partial charge in [-0.2, -0.15) is 10.1 Å². The van der Waals surface area contributed by atoms with Crippen molar-refractivity contribution in [1.82, 2.24) is 24.7 Å². The zero-order chi connectivity index (χ0) is 23.5. The molecular weight excluding hydrogens is 422 g/mol. The van der Waals surface area contributed by atoms with Gasteiger partial charge in [0.25, 0.3) is 0 Å². The Morgan fingerprint density at radius 2 is 2.03 bits per heavy atom. The van der Waals surface area contributed by atoms with Crippen molar-refractivity contribution in [1.29, 1.82) is 0 Å². The van der Waals surface area contributed by atoms with Crippen molar-refractivity contribution in [2.24, 2.45) is 0 Å². The van der Waals surface area contributed by atoms with Crippen LogP contribution in [0.1, 0.15) is 47.8 Å². The number of aliphatic hydroxyl groups excluding tert-OH is 1. The van der Waals surface area contributed by atoms with Crippen LogP contribution in [0.2, 0.25) is 0 Å². The molecule has 1 atom stereocenters. The number of carboxylic acids is 1. The lowest BCUT2D eigenvalue weighted by Gasteiger charge is -2.19. The van der Waals surface area contributed by atoms with Gasteiger partial charge in [0.1, 0.15) is 11.0 Å². The first kappa shape index (κ1) is 22.4. The van der Waals surface area contributed by atoms with Crippen LogP contribution in [0, 0.1) is 6.92 Å². The monoisotopic (exact) mass is 449 g/mol. The normalized spacial score (nSPS) is 12.3. The highest BCUT2D eigenvalue weighted by molar-refractivity contribution is 6.03. The van der Waals surface area contributed by atoms with Gasteiger partial charge in [-0.15, -0.1) is 0 Å². The maximum atomic E-state index is 11.6. The van der Waals surface area contributed by atoms with Crippen molar-refractivity contribution >= 4 is 39.7 Å². The number of aromatic carboxylic acids is 1. The van der Waals surface area contributed by atoms with Crippen LogP contribution in [-0.2, 0) is 6.54 Å². The zero-order valence-corrected chi connectivity index (χ0v) is 18.6. The number of nitrogens with zero attached hydrogens (tertiary/aromatic N) is 5. The largest absolute Gasteiger partial charge is 0.478 e. The van der Waals surface area contributed by atoms with Gasteiger partial charge in [0.2, 0.25) is 5.95 Å². The topological polar surface area (TPSA) is 152 Å². The maximum absolute atomic E-state index is 11.6. The van der Waals surface area contributed by atoms with E-state index in [1.165, 1.54) is 0 Å². The predicted octanol–water partition coefficient (Wildman–Crippen LogP) is 2.97. The van der Waals surface area contributed by atoms with Gasteiger partial charge in [-0.1, -0.05) is 25.5 Å². The Kier molecular flexibility index (Phi) is 6.36. The molecule has 5 N–H and O–H groups in total. The van der Waals surface area contributed by atoms with E-state index in [2.05, 4.69) is 32.3 Å². The number of anilines is 2. The molecule has 33 heavy (non-hydrogen) atoms. The number of aryl methyl sites for hydroxylation is 1. The molecule has 1 aromatic carbocycles. The van der Waals surface area contributed by atoms with E-state index in [1.807, 2.05) is 6.92 Å². The molecule has 172 valence electrons. The van der Waals surface area contributed by atoms with E-state index in [9.17, 15) is 15.0 Å². The molecule has 0 saturated heterocycles. The first-order chi connectivity index (χ1) is 15.9. The Balaban J connectivity index is 1.83. The molecule has 0 radical (unpaired) electrons. The van der Waals surface area contributed by atoms with Gasteiger partial charge in [0.15, 0.2) is 5.82 Å². The third kappa shape index (κ3) is 4.42. The number of carbonyl (C=O) groups is 1. The highest BCUT2D eigenvalue weighted by atomic mass is 16.4. The highest BCUT2D eigenvalue weighted by Gasteiger charge is 2.20. The Hall–Kier alpha value is -3.79. The van der Waals surface area contributed by atoms with Gasteiger partial charge in [-0.25, -0.2) is 9.78 Å². The molecule has 0 spiro atoms. The summed E-state index contributed by atoms with van der Waals surface area (Å²) in [5.41, 5.74) is 9.66. The number of aliphatic hydroxyl groups is 1. The predicted molar refractivity (Wildman–Crippen MR) is 126 cm³/mol. The maximum Gasteiger partial charge on any atom is 0.336 e. The highest BCUT2D eigenvalue weighted by Crippen LogP contribution is 2.28. The van der Waals surface area contributed by atoms with Crippen LogP contribution in [0.4, 0.5) is 11.8 Å². The van der Waals surface area contributed by atoms with Crippen molar-refractivity contribution in [3.05, 3.63) is 47.3 Å². The summed E-state index contributed by atoms with van der Waals surface area (Å²) in [6.07, 6.45) is 4.04. The second kappa shape index (κ2) is 9.37. The minimum absolute atomic E-state index is 0.0264. The van der Waals surface area contributed by atoms with Crippen molar-refractivity contribution in [2.45, 2.75) is 45.7 Å². The van der Waals surface area contributed by atoms with Crippen LogP contribution in [0.3, 0.4) is 0 Å². The lowest BCUT2D eigenvalue weighted by atomic mass is 10.0. The number of nitrogen functional groups attached to an aromatic ring is 1. The molecule has 4 aromatic rings. The van der Waals surface area contributed by atoms with Gasteiger partial charge < -0.3 is 21.3 Å². The molecule has 0 unspecified atom stereocenters. The number of hydrogen-bond acceptors (Lipinski definition) is 8. The van der Waals surface area contributed by atoms with Crippen LogP contribution in [-0.4, -0.2) is 53.6 Å². The summed E-state index contributed by atoms with van der Waals surface area (Å²) in [7, 11) is 0. The van der Waals surface area contributed by atoms with E-state index in [-0.39, 0.29) is 24.2 Å². The molecule has 0 bridgehead atoms. The van der Waals surface area contributed by atoms with E-state index >= 15 is 0 Å². The Morgan fingerprint density at radius 1 is 1.21 bits per heavy atom. The average molecular weight is 450 g/mol. The molecule has 0 aliphatic rings. The lowest BCUT2D eigenvalue weighted by Crippen LogP contribution is -2.22. The van der Waals surface area contributed by atoms with Crippen molar-refractivity contribution in [3.63, 3.8) is 0 Å². The smallest absolute Gasteiger partial charge is 0.336 e.